The number of hydrogen-bond donors (Lipinski definition) is 0. The van der Waals surface area contributed by atoms with Gasteiger partial charge in [0.1, 0.15) is 11.6 Å². The zero-order chi connectivity index (χ0) is 21.5. The molecule has 0 spiro atoms. The molecule has 3 rings (SSSR count). The summed E-state index contributed by atoms with van der Waals surface area (Å²) in [7, 11) is 0. The molecule has 6 nitrogen and oxygen atoms in total. The number of thioether (sulfide) groups is 1. The van der Waals surface area contributed by atoms with E-state index in [0.29, 0.717) is 33.6 Å². The van der Waals surface area contributed by atoms with Gasteiger partial charge in [0, 0.05) is 12.1 Å². The van der Waals surface area contributed by atoms with Gasteiger partial charge >= 0.3 is 5.97 Å². The summed E-state index contributed by atoms with van der Waals surface area (Å²) < 4.78 is 23.6. The Morgan fingerprint density at radius 2 is 1.90 bits per heavy atom. The first kappa shape index (κ1) is 21.6. The van der Waals surface area contributed by atoms with Crippen molar-refractivity contribution >= 4 is 40.6 Å². The normalized spacial score (nSPS) is 16.4. The molecule has 1 aliphatic rings. The summed E-state index contributed by atoms with van der Waals surface area (Å²) in [4.78, 5) is 30.9. The summed E-state index contributed by atoms with van der Waals surface area (Å²) in [6, 6.07) is 12.9. The van der Waals surface area contributed by atoms with Crippen LogP contribution in [0.3, 0.4) is 0 Å². The molecule has 1 fully saturated rings. The molecule has 0 aromatic heterocycles. The SMILES string of the molecule is CCOC(=O)COc1ccccc1/C=C1/SC(=Nc2ccc(F)cc2)N(CC)C1=O. The summed E-state index contributed by atoms with van der Waals surface area (Å²) in [5, 5.41) is 0.519. The van der Waals surface area contributed by atoms with E-state index in [4.69, 9.17) is 9.47 Å². The molecule has 0 radical (unpaired) electrons. The number of likely N-dealkylation sites (N-methyl/N-ethyl adjacent to an activating group) is 1. The first-order valence-electron chi connectivity index (χ1n) is 9.45. The predicted octanol–water partition coefficient (Wildman–Crippen LogP) is 4.39. The third kappa shape index (κ3) is 5.27. The van der Waals surface area contributed by atoms with Crippen LogP contribution in [0.15, 0.2) is 58.4 Å². The number of rotatable bonds is 7. The van der Waals surface area contributed by atoms with E-state index in [9.17, 15) is 14.0 Å². The van der Waals surface area contributed by atoms with Gasteiger partial charge in [0.05, 0.1) is 17.2 Å². The third-order valence-electron chi connectivity index (χ3n) is 4.11. The standard InChI is InChI=1S/C22H21FN2O4S/c1-3-25-21(27)19(30-22(25)24-17-11-9-16(23)10-12-17)13-15-7-5-6-8-18(15)29-14-20(26)28-4-2/h5-13H,3-4,14H2,1-2H3/b19-13+,24-22?. The molecule has 30 heavy (non-hydrogen) atoms. The summed E-state index contributed by atoms with van der Waals surface area (Å²) >= 11 is 1.23. The number of hydrogen-bond acceptors (Lipinski definition) is 6. The molecule has 0 unspecified atom stereocenters. The molecule has 2 aromatic carbocycles. The maximum absolute atomic E-state index is 13.1. The fourth-order valence-corrected chi connectivity index (χ4v) is 3.76. The number of halogens is 1. The smallest absolute Gasteiger partial charge is 0.344 e. The lowest BCUT2D eigenvalue weighted by Gasteiger charge is -2.12. The van der Waals surface area contributed by atoms with E-state index >= 15 is 0 Å². The van der Waals surface area contributed by atoms with Crippen LogP contribution < -0.4 is 4.74 Å². The Bertz CT molecular complexity index is 989. The van der Waals surface area contributed by atoms with E-state index in [1.165, 1.54) is 23.9 Å². The highest BCUT2D eigenvalue weighted by molar-refractivity contribution is 8.18. The van der Waals surface area contributed by atoms with Gasteiger partial charge in [0.2, 0.25) is 0 Å². The van der Waals surface area contributed by atoms with Crippen molar-refractivity contribution in [1.29, 1.82) is 0 Å². The van der Waals surface area contributed by atoms with Crippen molar-refractivity contribution < 1.29 is 23.5 Å². The Kier molecular flexibility index (Phi) is 7.24. The second kappa shape index (κ2) is 10.1. The molecule has 1 amide bonds. The zero-order valence-electron chi connectivity index (χ0n) is 16.6. The van der Waals surface area contributed by atoms with Crippen LogP contribution in [-0.2, 0) is 14.3 Å². The molecule has 0 saturated carbocycles. The largest absolute Gasteiger partial charge is 0.481 e. The maximum Gasteiger partial charge on any atom is 0.344 e. The average Bonchev–Trinajstić information content (AvgIpc) is 3.03. The van der Waals surface area contributed by atoms with Gasteiger partial charge in [-0.3, -0.25) is 9.69 Å². The van der Waals surface area contributed by atoms with Crippen molar-refractivity contribution in [2.45, 2.75) is 13.8 Å². The first-order valence-corrected chi connectivity index (χ1v) is 10.3. The summed E-state index contributed by atoms with van der Waals surface area (Å²) in [6.45, 7) is 4.10. The third-order valence-corrected chi connectivity index (χ3v) is 5.12. The quantitative estimate of drug-likeness (QED) is 0.483. The zero-order valence-corrected chi connectivity index (χ0v) is 17.4. The van der Waals surface area contributed by atoms with Gasteiger partial charge in [-0.2, -0.15) is 0 Å². The van der Waals surface area contributed by atoms with Crippen molar-refractivity contribution in [1.82, 2.24) is 4.90 Å². The van der Waals surface area contributed by atoms with E-state index in [1.807, 2.05) is 13.0 Å². The Balaban J connectivity index is 1.84. The van der Waals surface area contributed by atoms with E-state index in [2.05, 4.69) is 4.99 Å². The topological polar surface area (TPSA) is 68.2 Å². The highest BCUT2D eigenvalue weighted by Gasteiger charge is 2.32. The number of amidine groups is 1. The number of nitrogens with zero attached hydrogens (tertiary/aromatic N) is 2. The van der Waals surface area contributed by atoms with Crippen LogP contribution in [0.2, 0.25) is 0 Å². The van der Waals surface area contributed by atoms with Gasteiger partial charge in [-0.25, -0.2) is 14.2 Å². The Hall–Kier alpha value is -3.13. The number of amides is 1. The molecule has 0 atom stereocenters. The van der Waals surface area contributed by atoms with E-state index in [-0.39, 0.29) is 24.9 Å². The summed E-state index contributed by atoms with van der Waals surface area (Å²) in [5.41, 5.74) is 1.22. The van der Waals surface area contributed by atoms with Crippen molar-refractivity contribution in [3.63, 3.8) is 0 Å². The van der Waals surface area contributed by atoms with Crippen molar-refractivity contribution in [2.75, 3.05) is 19.8 Å². The number of benzene rings is 2. The van der Waals surface area contributed by atoms with Gasteiger partial charge in [0.15, 0.2) is 11.8 Å². The van der Waals surface area contributed by atoms with Crippen LogP contribution in [0.25, 0.3) is 6.08 Å². The Morgan fingerprint density at radius 1 is 1.17 bits per heavy atom. The molecule has 156 valence electrons. The van der Waals surface area contributed by atoms with Gasteiger partial charge in [-0.05, 0) is 62.0 Å². The number of carbonyl (C=O) groups is 2. The fraction of sp³-hybridized carbons (Fsp3) is 0.227. The first-order chi connectivity index (χ1) is 14.5. The molecule has 0 bridgehead atoms. The Morgan fingerprint density at radius 3 is 2.60 bits per heavy atom. The molecular formula is C22H21FN2O4S. The average molecular weight is 428 g/mol. The van der Waals surface area contributed by atoms with Gasteiger partial charge < -0.3 is 9.47 Å². The van der Waals surface area contributed by atoms with Crippen LogP contribution in [0, 0.1) is 5.82 Å². The second-order valence-corrected chi connectivity index (χ2v) is 7.17. The number of carbonyl (C=O) groups excluding carboxylic acids is 2. The molecule has 2 aromatic rings. The van der Waals surface area contributed by atoms with Crippen molar-refractivity contribution in [2.24, 2.45) is 4.99 Å². The highest BCUT2D eigenvalue weighted by atomic mass is 32.2. The molecular weight excluding hydrogens is 407 g/mol. The van der Waals surface area contributed by atoms with E-state index in [1.54, 1.807) is 48.2 Å². The molecule has 1 aliphatic heterocycles. The summed E-state index contributed by atoms with van der Waals surface area (Å²) in [5.74, 6) is -0.513. The van der Waals surface area contributed by atoms with E-state index in [0.717, 1.165) is 0 Å². The van der Waals surface area contributed by atoms with Gasteiger partial charge in [0.25, 0.3) is 5.91 Å². The number of ether oxygens (including phenoxy) is 2. The fourth-order valence-electron chi connectivity index (χ4n) is 2.71. The minimum atomic E-state index is -0.461. The maximum atomic E-state index is 13.1. The van der Waals surface area contributed by atoms with Crippen molar-refractivity contribution in [3.8, 4) is 5.75 Å². The predicted molar refractivity (Wildman–Crippen MR) is 115 cm³/mol. The van der Waals surface area contributed by atoms with Crippen LogP contribution in [0.5, 0.6) is 5.75 Å². The lowest BCUT2D eigenvalue weighted by atomic mass is 10.2. The molecule has 1 saturated heterocycles. The minimum absolute atomic E-state index is 0.177. The molecule has 0 N–H and O–H groups in total. The van der Waals surface area contributed by atoms with Gasteiger partial charge in [-0.15, -0.1) is 0 Å². The molecule has 1 heterocycles. The highest BCUT2D eigenvalue weighted by Crippen LogP contribution is 2.35. The Labute approximate surface area is 178 Å². The lowest BCUT2D eigenvalue weighted by Crippen LogP contribution is -2.28. The van der Waals surface area contributed by atoms with E-state index < -0.39 is 5.97 Å². The van der Waals surface area contributed by atoms with Crippen LogP contribution in [0.4, 0.5) is 10.1 Å². The number of para-hydroxylation sites is 1. The van der Waals surface area contributed by atoms with Crippen LogP contribution in [-0.4, -0.2) is 41.7 Å². The molecule has 0 aliphatic carbocycles. The number of esters is 1. The monoisotopic (exact) mass is 428 g/mol. The lowest BCUT2D eigenvalue weighted by molar-refractivity contribution is -0.145. The molecule has 8 heteroatoms. The van der Waals surface area contributed by atoms with Crippen molar-refractivity contribution in [3.05, 3.63) is 64.8 Å². The second-order valence-electron chi connectivity index (χ2n) is 6.16. The van der Waals surface area contributed by atoms with Gasteiger partial charge in [-0.1, -0.05) is 18.2 Å². The number of aliphatic imine (C=N–C) groups is 1. The van der Waals surface area contributed by atoms with Crippen LogP contribution in [0.1, 0.15) is 19.4 Å². The summed E-state index contributed by atoms with van der Waals surface area (Å²) in [6.07, 6.45) is 1.71. The van der Waals surface area contributed by atoms with Crippen LogP contribution >= 0.6 is 11.8 Å². The minimum Gasteiger partial charge on any atom is -0.481 e.